The summed E-state index contributed by atoms with van der Waals surface area (Å²) in [5.74, 6) is 0.160. The lowest BCUT2D eigenvalue weighted by molar-refractivity contribution is 0.407. The first-order valence-electron chi connectivity index (χ1n) is 3.18. The van der Waals surface area contributed by atoms with Gasteiger partial charge in [0.15, 0.2) is 0 Å². The van der Waals surface area contributed by atoms with Crippen molar-refractivity contribution in [2.24, 2.45) is 0 Å². The molecule has 0 bridgehead atoms. The molecule has 0 fully saturated rings. The molecule has 0 amide bonds. The van der Waals surface area contributed by atoms with E-state index >= 15 is 0 Å². The molecular formula is C7H3N3O2. The fourth-order valence-corrected chi connectivity index (χ4v) is 0.793. The van der Waals surface area contributed by atoms with Crippen LogP contribution in [0.5, 0.6) is 0 Å². The lowest BCUT2D eigenvalue weighted by Gasteiger charge is -1.78. The second-order valence-electron chi connectivity index (χ2n) is 2.07. The van der Waals surface area contributed by atoms with E-state index < -0.39 is 0 Å². The van der Waals surface area contributed by atoms with Crippen molar-refractivity contribution in [2.45, 2.75) is 0 Å². The van der Waals surface area contributed by atoms with Crippen molar-refractivity contribution in [3.63, 3.8) is 0 Å². The molecule has 0 saturated heterocycles. The molecule has 5 nitrogen and oxygen atoms in total. The molecule has 2 rings (SSSR count). The van der Waals surface area contributed by atoms with Gasteiger partial charge in [-0.2, -0.15) is 5.26 Å². The Morgan fingerprint density at radius 1 is 1.33 bits per heavy atom. The Kier molecular flexibility index (Phi) is 1.38. The van der Waals surface area contributed by atoms with Gasteiger partial charge in [-0.15, -0.1) is 0 Å². The molecule has 0 aromatic carbocycles. The highest BCUT2D eigenvalue weighted by Gasteiger charge is 2.07. The molecule has 0 saturated carbocycles. The van der Waals surface area contributed by atoms with E-state index in [1.165, 1.54) is 12.3 Å². The maximum atomic E-state index is 8.42. The molecule has 2 aromatic rings. The first-order chi connectivity index (χ1) is 5.90. The van der Waals surface area contributed by atoms with Crippen LogP contribution in [0.25, 0.3) is 11.4 Å². The van der Waals surface area contributed by atoms with E-state index in [4.69, 9.17) is 5.26 Å². The zero-order chi connectivity index (χ0) is 8.39. The Labute approximate surface area is 67.2 Å². The zero-order valence-corrected chi connectivity index (χ0v) is 5.89. The van der Waals surface area contributed by atoms with Gasteiger partial charge in [-0.1, -0.05) is 10.3 Å². The number of hydrogen-bond donors (Lipinski definition) is 0. The van der Waals surface area contributed by atoms with Crippen LogP contribution in [0.3, 0.4) is 0 Å². The quantitative estimate of drug-likeness (QED) is 0.628. The van der Waals surface area contributed by atoms with E-state index in [-0.39, 0.29) is 5.76 Å². The van der Waals surface area contributed by atoms with Crippen molar-refractivity contribution in [2.75, 3.05) is 0 Å². The third kappa shape index (κ3) is 0.953. The first-order valence-corrected chi connectivity index (χ1v) is 3.18. The Balaban J connectivity index is 2.44. The highest BCUT2D eigenvalue weighted by molar-refractivity contribution is 5.53. The largest absolute Gasteiger partial charge is 0.364 e. The summed E-state index contributed by atoms with van der Waals surface area (Å²) in [5.41, 5.74) is 1.06. The smallest absolute Gasteiger partial charge is 0.236 e. The van der Waals surface area contributed by atoms with Crippen LogP contribution in [0.15, 0.2) is 27.4 Å². The average molecular weight is 161 g/mol. The van der Waals surface area contributed by atoms with Gasteiger partial charge < -0.3 is 9.05 Å². The average Bonchev–Trinajstić information content (AvgIpc) is 2.75. The van der Waals surface area contributed by atoms with Crippen molar-refractivity contribution in [3.05, 3.63) is 24.2 Å². The fourth-order valence-electron chi connectivity index (χ4n) is 0.793. The third-order valence-electron chi connectivity index (χ3n) is 1.32. The molecular weight excluding hydrogens is 158 g/mol. The molecule has 0 radical (unpaired) electrons. The molecule has 0 unspecified atom stereocenters. The van der Waals surface area contributed by atoms with Crippen LogP contribution in [0.2, 0.25) is 0 Å². The van der Waals surface area contributed by atoms with Crippen LogP contribution in [0.1, 0.15) is 5.76 Å². The van der Waals surface area contributed by atoms with Crippen molar-refractivity contribution < 1.29 is 9.05 Å². The molecule has 0 aliphatic carbocycles. The van der Waals surface area contributed by atoms with E-state index in [1.54, 1.807) is 6.07 Å². The number of aromatic nitrogens is 2. The monoisotopic (exact) mass is 161 g/mol. The zero-order valence-electron chi connectivity index (χ0n) is 5.89. The SMILES string of the molecule is N#Cc1cc(-c2ccon2)no1. The van der Waals surface area contributed by atoms with Crippen molar-refractivity contribution in [1.82, 2.24) is 10.3 Å². The Morgan fingerprint density at radius 3 is 2.83 bits per heavy atom. The minimum atomic E-state index is 0.160. The summed E-state index contributed by atoms with van der Waals surface area (Å²) >= 11 is 0. The number of rotatable bonds is 1. The number of hydrogen-bond acceptors (Lipinski definition) is 5. The van der Waals surface area contributed by atoms with Crippen LogP contribution >= 0.6 is 0 Å². The van der Waals surface area contributed by atoms with E-state index in [0.29, 0.717) is 11.4 Å². The van der Waals surface area contributed by atoms with E-state index in [0.717, 1.165) is 0 Å². The van der Waals surface area contributed by atoms with Crippen LogP contribution in [-0.2, 0) is 0 Å². The molecule has 2 heterocycles. The minimum absolute atomic E-state index is 0.160. The van der Waals surface area contributed by atoms with Gasteiger partial charge in [0.25, 0.3) is 0 Å². The molecule has 58 valence electrons. The number of nitriles is 1. The molecule has 0 atom stereocenters. The lowest BCUT2D eigenvalue weighted by Crippen LogP contribution is -1.73. The Hall–Kier alpha value is -2.09. The molecule has 5 heteroatoms. The molecule has 0 aliphatic heterocycles. The van der Waals surface area contributed by atoms with Gasteiger partial charge in [0.1, 0.15) is 23.7 Å². The minimum Gasteiger partial charge on any atom is -0.364 e. The first kappa shape index (κ1) is 6.61. The summed E-state index contributed by atoms with van der Waals surface area (Å²) in [6, 6.07) is 4.96. The predicted octanol–water partition coefficient (Wildman–Crippen LogP) is 1.20. The summed E-state index contributed by atoms with van der Waals surface area (Å²) in [4.78, 5) is 0. The highest BCUT2D eigenvalue weighted by atomic mass is 16.5. The second-order valence-corrected chi connectivity index (χ2v) is 2.07. The van der Waals surface area contributed by atoms with E-state index in [1.807, 2.05) is 6.07 Å². The molecule has 12 heavy (non-hydrogen) atoms. The molecule has 0 aliphatic rings. The second kappa shape index (κ2) is 2.51. The van der Waals surface area contributed by atoms with Crippen molar-refractivity contribution >= 4 is 0 Å². The van der Waals surface area contributed by atoms with Gasteiger partial charge >= 0.3 is 0 Å². The standard InChI is InChI=1S/C7H3N3O2/c8-4-5-3-7(10-12-5)6-1-2-11-9-6/h1-3H. The van der Waals surface area contributed by atoms with Gasteiger partial charge in [-0.05, 0) is 0 Å². The summed E-state index contributed by atoms with van der Waals surface area (Å²) in [5, 5.41) is 15.7. The molecule has 2 aromatic heterocycles. The third-order valence-corrected chi connectivity index (χ3v) is 1.32. The van der Waals surface area contributed by atoms with Gasteiger partial charge in [-0.3, -0.25) is 0 Å². The maximum Gasteiger partial charge on any atom is 0.236 e. The topological polar surface area (TPSA) is 75.8 Å². The number of nitrogens with zero attached hydrogens (tertiary/aromatic N) is 3. The molecule has 0 spiro atoms. The van der Waals surface area contributed by atoms with Gasteiger partial charge in [0.2, 0.25) is 5.76 Å². The van der Waals surface area contributed by atoms with E-state index in [2.05, 4.69) is 19.4 Å². The predicted molar refractivity (Wildman–Crippen MR) is 36.7 cm³/mol. The summed E-state index contributed by atoms with van der Waals surface area (Å²) < 4.78 is 9.24. The summed E-state index contributed by atoms with van der Waals surface area (Å²) in [6.45, 7) is 0. The summed E-state index contributed by atoms with van der Waals surface area (Å²) in [7, 11) is 0. The fraction of sp³-hybridized carbons (Fsp3) is 0. The van der Waals surface area contributed by atoms with Crippen molar-refractivity contribution in [1.29, 1.82) is 5.26 Å². The Morgan fingerprint density at radius 2 is 2.25 bits per heavy atom. The van der Waals surface area contributed by atoms with Gasteiger partial charge in [0.05, 0.1) is 0 Å². The van der Waals surface area contributed by atoms with Crippen LogP contribution in [0.4, 0.5) is 0 Å². The lowest BCUT2D eigenvalue weighted by atomic mass is 10.3. The normalized spacial score (nSPS) is 9.58. The maximum absolute atomic E-state index is 8.42. The van der Waals surface area contributed by atoms with Crippen LogP contribution in [-0.4, -0.2) is 10.3 Å². The van der Waals surface area contributed by atoms with Gasteiger partial charge in [-0.25, -0.2) is 0 Å². The highest BCUT2D eigenvalue weighted by Crippen LogP contribution is 2.15. The van der Waals surface area contributed by atoms with Crippen molar-refractivity contribution in [3.8, 4) is 17.5 Å². The van der Waals surface area contributed by atoms with Crippen LogP contribution < -0.4 is 0 Å². The molecule has 0 N–H and O–H groups in total. The van der Waals surface area contributed by atoms with E-state index in [9.17, 15) is 0 Å². The van der Waals surface area contributed by atoms with Gasteiger partial charge in [0, 0.05) is 12.1 Å². The summed E-state index contributed by atoms with van der Waals surface area (Å²) in [6.07, 6.45) is 1.43. The van der Waals surface area contributed by atoms with Crippen LogP contribution in [0, 0.1) is 11.3 Å². The Bertz CT molecular complexity index is 410.